The molecule has 2 fully saturated rings. The van der Waals surface area contributed by atoms with Gasteiger partial charge in [0, 0.05) is 18.6 Å². The van der Waals surface area contributed by atoms with Crippen molar-refractivity contribution in [3.63, 3.8) is 0 Å². The summed E-state index contributed by atoms with van der Waals surface area (Å²) >= 11 is 0. The van der Waals surface area contributed by atoms with Crippen molar-refractivity contribution < 1.29 is 19.4 Å². The molecule has 0 aromatic carbocycles. The van der Waals surface area contributed by atoms with Gasteiger partial charge < -0.3 is 20.1 Å². The van der Waals surface area contributed by atoms with Crippen molar-refractivity contribution in [2.45, 2.75) is 38.3 Å². The van der Waals surface area contributed by atoms with Crippen LogP contribution in [0.15, 0.2) is 0 Å². The molecule has 6 nitrogen and oxygen atoms in total. The zero-order valence-electron chi connectivity index (χ0n) is 11.3. The van der Waals surface area contributed by atoms with Crippen molar-refractivity contribution in [2.75, 3.05) is 26.3 Å². The lowest BCUT2D eigenvalue weighted by atomic mass is 10.0. The highest BCUT2D eigenvalue weighted by Gasteiger charge is 2.40. The molecule has 0 radical (unpaired) electrons. The Morgan fingerprint density at radius 1 is 1.42 bits per heavy atom. The highest BCUT2D eigenvalue weighted by Crippen LogP contribution is 2.25. The van der Waals surface area contributed by atoms with E-state index in [4.69, 9.17) is 9.84 Å². The van der Waals surface area contributed by atoms with E-state index in [2.05, 4.69) is 5.32 Å². The zero-order valence-corrected chi connectivity index (χ0v) is 11.3. The summed E-state index contributed by atoms with van der Waals surface area (Å²) in [6.45, 7) is 4.47. The first kappa shape index (κ1) is 14.3. The van der Waals surface area contributed by atoms with Crippen molar-refractivity contribution in [1.82, 2.24) is 10.2 Å². The van der Waals surface area contributed by atoms with E-state index in [1.54, 1.807) is 4.90 Å². The fourth-order valence-corrected chi connectivity index (χ4v) is 3.01. The standard InChI is InChI=1S/C13H22N2O4/c1-2-14-11-8-19-7-10(11)13(18)15-5-3-4-9(15)6-12(16)17/h9-11,14H,2-8H2,1H3,(H,16,17). The topological polar surface area (TPSA) is 78.9 Å². The summed E-state index contributed by atoms with van der Waals surface area (Å²) in [4.78, 5) is 25.1. The Balaban J connectivity index is 1.99. The number of rotatable bonds is 5. The third kappa shape index (κ3) is 3.25. The molecule has 0 aliphatic carbocycles. The number of aliphatic carboxylic acids is 1. The molecule has 2 saturated heterocycles. The second-order valence-electron chi connectivity index (χ2n) is 5.23. The van der Waals surface area contributed by atoms with Crippen LogP contribution < -0.4 is 5.32 Å². The monoisotopic (exact) mass is 270 g/mol. The van der Waals surface area contributed by atoms with Crippen molar-refractivity contribution >= 4 is 11.9 Å². The van der Waals surface area contributed by atoms with E-state index >= 15 is 0 Å². The van der Waals surface area contributed by atoms with Crippen LogP contribution in [0.25, 0.3) is 0 Å². The third-order valence-corrected chi connectivity index (χ3v) is 3.93. The second-order valence-corrected chi connectivity index (χ2v) is 5.23. The number of amides is 1. The summed E-state index contributed by atoms with van der Waals surface area (Å²) in [7, 11) is 0. The first-order valence-corrected chi connectivity index (χ1v) is 6.97. The summed E-state index contributed by atoms with van der Waals surface area (Å²) in [6.07, 6.45) is 1.73. The van der Waals surface area contributed by atoms with Crippen LogP contribution in [0.3, 0.4) is 0 Å². The number of ether oxygens (including phenoxy) is 1. The molecule has 6 heteroatoms. The van der Waals surface area contributed by atoms with E-state index in [1.807, 2.05) is 6.92 Å². The number of nitrogens with zero attached hydrogens (tertiary/aromatic N) is 1. The quantitative estimate of drug-likeness (QED) is 0.739. The van der Waals surface area contributed by atoms with Gasteiger partial charge in [-0.15, -0.1) is 0 Å². The molecule has 2 N–H and O–H groups in total. The lowest BCUT2D eigenvalue weighted by molar-refractivity contribution is -0.141. The molecule has 0 bridgehead atoms. The molecule has 3 unspecified atom stereocenters. The minimum absolute atomic E-state index is 0.0468. The SMILES string of the molecule is CCNC1COCC1C(=O)N1CCCC1CC(=O)O. The molecule has 2 aliphatic heterocycles. The summed E-state index contributed by atoms with van der Waals surface area (Å²) in [5.74, 6) is -0.961. The molecule has 3 atom stereocenters. The van der Waals surface area contributed by atoms with Gasteiger partial charge >= 0.3 is 5.97 Å². The maximum absolute atomic E-state index is 12.5. The van der Waals surface area contributed by atoms with E-state index in [1.165, 1.54) is 0 Å². The number of carboxylic acids is 1. The van der Waals surface area contributed by atoms with Gasteiger partial charge in [-0.25, -0.2) is 0 Å². The Labute approximate surface area is 113 Å². The van der Waals surface area contributed by atoms with Gasteiger partial charge in [0.1, 0.15) is 0 Å². The first-order valence-electron chi connectivity index (χ1n) is 6.97. The van der Waals surface area contributed by atoms with Gasteiger partial charge in [-0.3, -0.25) is 9.59 Å². The largest absolute Gasteiger partial charge is 0.481 e. The van der Waals surface area contributed by atoms with Crippen LogP contribution >= 0.6 is 0 Å². The maximum atomic E-state index is 12.5. The number of carbonyl (C=O) groups excluding carboxylic acids is 1. The third-order valence-electron chi connectivity index (χ3n) is 3.93. The van der Waals surface area contributed by atoms with Gasteiger partial charge in [-0.2, -0.15) is 0 Å². The Kier molecular flexibility index (Phi) is 4.76. The molecule has 2 aliphatic rings. The summed E-state index contributed by atoms with van der Waals surface area (Å²) in [6, 6.07) is -0.0866. The predicted molar refractivity (Wildman–Crippen MR) is 68.8 cm³/mol. The van der Waals surface area contributed by atoms with E-state index in [0.717, 1.165) is 19.4 Å². The highest BCUT2D eigenvalue weighted by atomic mass is 16.5. The predicted octanol–water partition coefficient (Wildman–Crippen LogP) is 0.0766. The Bertz CT molecular complexity index is 348. The molecule has 0 spiro atoms. The lowest BCUT2D eigenvalue weighted by Crippen LogP contribution is -2.47. The molecule has 0 saturated carbocycles. The minimum atomic E-state index is -0.837. The van der Waals surface area contributed by atoms with Crippen LogP contribution in [0, 0.1) is 5.92 Å². The maximum Gasteiger partial charge on any atom is 0.305 e. The summed E-state index contributed by atoms with van der Waals surface area (Å²) < 4.78 is 5.39. The van der Waals surface area contributed by atoms with E-state index in [9.17, 15) is 9.59 Å². The Morgan fingerprint density at radius 3 is 2.89 bits per heavy atom. The van der Waals surface area contributed by atoms with Crippen LogP contribution in [0.4, 0.5) is 0 Å². The van der Waals surface area contributed by atoms with E-state index in [0.29, 0.717) is 19.8 Å². The van der Waals surface area contributed by atoms with E-state index < -0.39 is 5.97 Å². The van der Waals surface area contributed by atoms with Crippen molar-refractivity contribution in [3.05, 3.63) is 0 Å². The fourth-order valence-electron chi connectivity index (χ4n) is 3.01. The Hall–Kier alpha value is -1.14. The number of hydrogen-bond donors (Lipinski definition) is 2. The van der Waals surface area contributed by atoms with Gasteiger partial charge in [0.15, 0.2) is 0 Å². The van der Waals surface area contributed by atoms with Crippen LogP contribution in [-0.4, -0.2) is 60.3 Å². The molecule has 2 heterocycles. The van der Waals surface area contributed by atoms with Crippen LogP contribution in [0.2, 0.25) is 0 Å². The smallest absolute Gasteiger partial charge is 0.305 e. The minimum Gasteiger partial charge on any atom is -0.481 e. The molecule has 0 aromatic rings. The van der Waals surface area contributed by atoms with Gasteiger partial charge in [0.2, 0.25) is 5.91 Å². The van der Waals surface area contributed by atoms with Gasteiger partial charge in [-0.05, 0) is 19.4 Å². The van der Waals surface area contributed by atoms with E-state index in [-0.39, 0.29) is 30.3 Å². The molecule has 19 heavy (non-hydrogen) atoms. The van der Waals surface area contributed by atoms with Gasteiger partial charge in [0.25, 0.3) is 0 Å². The fraction of sp³-hybridized carbons (Fsp3) is 0.846. The highest BCUT2D eigenvalue weighted by molar-refractivity contribution is 5.81. The van der Waals surface area contributed by atoms with Crippen LogP contribution in [0.5, 0.6) is 0 Å². The Morgan fingerprint density at radius 2 is 2.21 bits per heavy atom. The van der Waals surface area contributed by atoms with Crippen LogP contribution in [-0.2, 0) is 14.3 Å². The zero-order chi connectivity index (χ0) is 13.8. The lowest BCUT2D eigenvalue weighted by Gasteiger charge is -2.28. The molecular formula is C13H22N2O4. The van der Waals surface area contributed by atoms with Gasteiger partial charge in [0.05, 0.1) is 25.6 Å². The number of nitrogens with one attached hydrogen (secondary N) is 1. The van der Waals surface area contributed by atoms with Crippen molar-refractivity contribution in [1.29, 1.82) is 0 Å². The number of carbonyl (C=O) groups is 2. The van der Waals surface area contributed by atoms with Crippen molar-refractivity contribution in [3.8, 4) is 0 Å². The number of carboxylic acid groups (broad SMARTS) is 1. The average molecular weight is 270 g/mol. The van der Waals surface area contributed by atoms with Gasteiger partial charge in [-0.1, -0.05) is 6.92 Å². The molecule has 0 aromatic heterocycles. The normalized spacial score (nSPS) is 30.8. The average Bonchev–Trinajstić information content (AvgIpc) is 2.97. The number of likely N-dealkylation sites (N-methyl/N-ethyl adjacent to an activating group) is 1. The summed E-state index contributed by atoms with van der Waals surface area (Å²) in [5.41, 5.74) is 0. The molecule has 2 rings (SSSR count). The molecular weight excluding hydrogens is 248 g/mol. The second kappa shape index (κ2) is 6.34. The number of hydrogen-bond acceptors (Lipinski definition) is 4. The molecule has 1 amide bonds. The van der Waals surface area contributed by atoms with Crippen molar-refractivity contribution in [2.24, 2.45) is 5.92 Å². The van der Waals surface area contributed by atoms with Crippen LogP contribution in [0.1, 0.15) is 26.2 Å². The molecule has 108 valence electrons. The number of likely N-dealkylation sites (tertiary alicyclic amines) is 1. The summed E-state index contributed by atoms with van der Waals surface area (Å²) in [5, 5.41) is 12.2. The first-order chi connectivity index (χ1) is 9.13.